The molecule has 0 unspecified atom stereocenters. The van der Waals surface area contributed by atoms with E-state index in [-0.39, 0.29) is 53.8 Å². The summed E-state index contributed by atoms with van der Waals surface area (Å²) in [5.74, 6) is 1.36. The van der Waals surface area contributed by atoms with Gasteiger partial charge in [0.2, 0.25) is 17.7 Å². The van der Waals surface area contributed by atoms with Gasteiger partial charge in [0, 0.05) is 104 Å². The van der Waals surface area contributed by atoms with Crippen LogP contribution in [-0.4, -0.2) is 128 Å². The van der Waals surface area contributed by atoms with Crippen LogP contribution >= 0.6 is 11.8 Å². The van der Waals surface area contributed by atoms with Gasteiger partial charge in [0.25, 0.3) is 0 Å². The lowest BCUT2D eigenvalue weighted by molar-refractivity contribution is -0.122. The van der Waals surface area contributed by atoms with Crippen LogP contribution in [-0.2, 0) is 52.7 Å². The predicted octanol–water partition coefficient (Wildman–Crippen LogP) is 6.56. The van der Waals surface area contributed by atoms with Gasteiger partial charge < -0.3 is 50.5 Å². The van der Waals surface area contributed by atoms with Gasteiger partial charge in [-0.25, -0.2) is 4.79 Å². The van der Waals surface area contributed by atoms with Crippen LogP contribution in [0.25, 0.3) is 22.5 Å². The van der Waals surface area contributed by atoms with Crippen LogP contribution < -0.4 is 31.3 Å². The normalized spacial score (nSPS) is 17.5. The van der Waals surface area contributed by atoms with Crippen LogP contribution in [0.2, 0.25) is 0 Å². The number of hydrogen-bond donors (Lipinski definition) is 6. The first-order valence-electron chi connectivity index (χ1n) is 25.6. The molecule has 18 heteroatoms. The Morgan fingerprint density at radius 3 is 2.28 bits per heavy atom. The standard InChI is InChI=1S/C53H71N7O10S/c1-2-47(63)57-42-31-35(41-32-39-36(33-56-41)18-20-38-50-40(58-51(38)39)13-8-14-44(50)62)19-21-45(42)70-26-10-23-55-49(65)17-7-12-37(61)11-5-6-24-67-27-29-69-30-28-68-25-9-22-54-48(64)16-4-3-15-46-52-43(34-71-46)59-53(66)60-52/h2,19,21,31-33,43,46,52,58H,1,3-18,20,22-30,34H2,(H,54,64)(H,55,65)(H,57,63)(H2,59,60,66)/t43-,46-,52-/m1/s1. The van der Waals surface area contributed by atoms with Gasteiger partial charge in [-0.2, -0.15) is 11.8 Å². The van der Waals surface area contributed by atoms with Gasteiger partial charge in [-0.15, -0.1) is 0 Å². The third kappa shape index (κ3) is 16.0. The van der Waals surface area contributed by atoms with Gasteiger partial charge in [0.1, 0.15) is 11.5 Å². The Morgan fingerprint density at radius 1 is 0.775 bits per heavy atom. The van der Waals surface area contributed by atoms with Gasteiger partial charge in [-0.05, 0) is 112 Å². The Balaban J connectivity index is 0.661. The molecule has 4 aliphatic rings. The molecule has 2 saturated heterocycles. The summed E-state index contributed by atoms with van der Waals surface area (Å²) in [6.07, 6.45) is 14.7. The van der Waals surface area contributed by atoms with E-state index in [1.807, 2.05) is 36.2 Å². The first kappa shape index (κ1) is 53.2. The number of ether oxygens (including phenoxy) is 4. The molecule has 0 bridgehead atoms. The summed E-state index contributed by atoms with van der Waals surface area (Å²) < 4.78 is 22.8. The SMILES string of the molecule is C=CC(=O)Nc1cc(-c2cc3c(cn2)CCc2c-3[nH]c3c2C(=O)CCC3)ccc1OCCCNC(=O)CCCC(=O)CCCCOCCOCCOCCCNC(=O)CCCC[C@H]1SC[C@H]2NC(=O)N[C@H]21. The first-order valence-corrected chi connectivity index (χ1v) is 26.7. The van der Waals surface area contributed by atoms with Crippen LogP contribution in [0.3, 0.4) is 0 Å². The Labute approximate surface area is 420 Å². The zero-order valence-electron chi connectivity index (χ0n) is 40.9. The number of nitrogens with zero attached hydrogens (tertiary/aromatic N) is 1. The summed E-state index contributed by atoms with van der Waals surface area (Å²) in [7, 11) is 0. The molecule has 0 radical (unpaired) electrons. The third-order valence-corrected chi connectivity index (χ3v) is 14.8. The van der Waals surface area contributed by atoms with E-state index in [9.17, 15) is 28.8 Å². The number of urea groups is 1. The molecule has 2 aliphatic carbocycles. The molecule has 3 aromatic rings. The van der Waals surface area contributed by atoms with Crippen molar-refractivity contribution in [2.45, 2.75) is 126 Å². The molecule has 0 saturated carbocycles. The molecule has 384 valence electrons. The number of carbonyl (C=O) groups excluding carboxylic acids is 6. The molecule has 1 aromatic carbocycles. The number of benzene rings is 1. The zero-order chi connectivity index (χ0) is 49.8. The van der Waals surface area contributed by atoms with E-state index >= 15 is 0 Å². The zero-order valence-corrected chi connectivity index (χ0v) is 41.7. The highest BCUT2D eigenvalue weighted by Gasteiger charge is 2.42. The van der Waals surface area contributed by atoms with Crippen molar-refractivity contribution in [2.75, 3.05) is 70.4 Å². The highest BCUT2D eigenvalue weighted by Crippen LogP contribution is 2.41. The molecule has 2 fully saturated rings. The van der Waals surface area contributed by atoms with Crippen molar-refractivity contribution in [3.63, 3.8) is 0 Å². The molecular formula is C53H71N7O10S. The van der Waals surface area contributed by atoms with Crippen molar-refractivity contribution in [1.82, 2.24) is 31.2 Å². The number of fused-ring (bicyclic) bond motifs is 6. The summed E-state index contributed by atoms with van der Waals surface area (Å²) >= 11 is 1.90. The maximum absolute atomic E-state index is 12.8. The monoisotopic (exact) mass is 997 g/mol. The highest BCUT2D eigenvalue weighted by atomic mass is 32.2. The van der Waals surface area contributed by atoms with Gasteiger partial charge in [0.15, 0.2) is 5.78 Å². The fourth-order valence-corrected chi connectivity index (χ4v) is 11.1. The Kier molecular flexibility index (Phi) is 20.9. The van der Waals surface area contributed by atoms with Crippen LogP contribution in [0.4, 0.5) is 10.5 Å². The van der Waals surface area contributed by atoms with E-state index in [2.05, 4.69) is 38.1 Å². The summed E-state index contributed by atoms with van der Waals surface area (Å²) in [6.45, 7) is 7.84. The highest BCUT2D eigenvalue weighted by molar-refractivity contribution is 8.00. The van der Waals surface area contributed by atoms with Crippen LogP contribution in [0.15, 0.2) is 43.1 Å². The fraction of sp³-hybridized carbons (Fsp3) is 0.566. The largest absolute Gasteiger partial charge is 0.491 e. The van der Waals surface area contributed by atoms with E-state index in [0.717, 1.165) is 115 Å². The van der Waals surface area contributed by atoms with E-state index in [1.54, 1.807) is 6.07 Å². The Hall–Kier alpha value is -5.56. The number of aryl methyl sites for hydroxylation is 2. The molecule has 4 heterocycles. The number of unbranched alkanes of at least 4 members (excludes halogenated alkanes) is 2. The number of Topliss-reactive ketones (excluding diaryl/α,β-unsaturated/α-hetero) is 2. The molecule has 2 aromatic heterocycles. The number of ketones is 2. The molecule has 0 spiro atoms. The minimum atomic E-state index is -0.377. The molecule has 6 N–H and O–H groups in total. The number of carbonyl (C=O) groups is 6. The molecule has 17 nitrogen and oxygen atoms in total. The van der Waals surface area contributed by atoms with E-state index in [1.165, 1.54) is 6.08 Å². The van der Waals surface area contributed by atoms with Crippen molar-refractivity contribution in [3.05, 3.63) is 65.5 Å². The topological polar surface area (TPSA) is 228 Å². The van der Waals surface area contributed by atoms with Crippen molar-refractivity contribution < 1.29 is 47.7 Å². The van der Waals surface area contributed by atoms with Gasteiger partial charge in [-0.1, -0.05) is 13.0 Å². The second-order valence-corrected chi connectivity index (χ2v) is 19.8. The quantitative estimate of drug-likeness (QED) is 0.0222. The number of nitrogens with one attached hydrogen (secondary N) is 6. The second kappa shape index (κ2) is 27.9. The predicted molar refractivity (Wildman–Crippen MR) is 273 cm³/mol. The molecule has 2 aliphatic heterocycles. The molecular weight excluding hydrogens is 927 g/mol. The second-order valence-electron chi connectivity index (χ2n) is 18.5. The third-order valence-electron chi connectivity index (χ3n) is 13.3. The van der Waals surface area contributed by atoms with Crippen molar-refractivity contribution in [1.29, 1.82) is 0 Å². The Bertz CT molecular complexity index is 2340. The number of aromatic nitrogens is 2. The molecule has 7 rings (SSSR count). The molecule has 5 amide bonds. The number of rotatable bonds is 32. The first-order chi connectivity index (χ1) is 34.7. The van der Waals surface area contributed by atoms with Crippen LogP contribution in [0.1, 0.15) is 117 Å². The van der Waals surface area contributed by atoms with Crippen LogP contribution in [0, 0.1) is 0 Å². The van der Waals surface area contributed by atoms with E-state index in [4.69, 9.17) is 23.9 Å². The molecule has 3 atom stereocenters. The van der Waals surface area contributed by atoms with Crippen molar-refractivity contribution in [3.8, 4) is 28.3 Å². The minimum absolute atomic E-state index is 0.0629. The van der Waals surface area contributed by atoms with Gasteiger partial charge >= 0.3 is 6.03 Å². The van der Waals surface area contributed by atoms with Gasteiger partial charge in [0.05, 0.1) is 56.5 Å². The molecule has 71 heavy (non-hydrogen) atoms. The maximum Gasteiger partial charge on any atom is 0.315 e. The number of pyridine rings is 1. The van der Waals surface area contributed by atoms with Crippen molar-refractivity contribution in [2.24, 2.45) is 0 Å². The van der Waals surface area contributed by atoms with Crippen molar-refractivity contribution >= 4 is 52.8 Å². The number of aromatic amines is 1. The summed E-state index contributed by atoms with van der Waals surface area (Å²) in [6, 6.07) is 7.95. The number of thioether (sulfide) groups is 1. The minimum Gasteiger partial charge on any atom is -0.491 e. The van der Waals surface area contributed by atoms with Gasteiger partial charge in [-0.3, -0.25) is 29.0 Å². The fourth-order valence-electron chi connectivity index (χ4n) is 9.55. The summed E-state index contributed by atoms with van der Waals surface area (Å²) in [5, 5.41) is 15.1. The smallest absolute Gasteiger partial charge is 0.315 e. The number of H-pyrrole nitrogens is 1. The van der Waals surface area contributed by atoms with E-state index in [0.29, 0.717) is 115 Å². The number of amides is 5. The summed E-state index contributed by atoms with van der Waals surface area (Å²) in [4.78, 5) is 82.1. The average Bonchev–Trinajstić information content (AvgIpc) is 4.06. The Morgan fingerprint density at radius 2 is 1.49 bits per heavy atom. The maximum atomic E-state index is 12.8. The van der Waals surface area contributed by atoms with E-state index < -0.39 is 0 Å². The number of anilines is 1. The number of hydrogen-bond acceptors (Lipinski definition) is 12. The lowest BCUT2D eigenvalue weighted by atomic mass is 9.85. The van der Waals surface area contributed by atoms with Crippen LogP contribution in [0.5, 0.6) is 5.75 Å². The lowest BCUT2D eigenvalue weighted by Crippen LogP contribution is -2.36. The lowest BCUT2D eigenvalue weighted by Gasteiger charge is -2.19. The summed E-state index contributed by atoms with van der Waals surface area (Å²) in [5.41, 5.74) is 8.21. The average molecular weight is 998 g/mol.